The van der Waals surface area contributed by atoms with Crippen molar-refractivity contribution in [3.05, 3.63) is 23.8 Å². The summed E-state index contributed by atoms with van der Waals surface area (Å²) in [5.74, 6) is 1.98. The zero-order chi connectivity index (χ0) is 15.2. The van der Waals surface area contributed by atoms with Crippen LogP contribution in [0.1, 0.15) is 44.2 Å². The van der Waals surface area contributed by atoms with Crippen molar-refractivity contribution in [1.29, 1.82) is 0 Å². The number of methoxy groups -OCH3 is 1. The Bertz CT molecular complexity index is 450. The van der Waals surface area contributed by atoms with E-state index in [4.69, 9.17) is 4.74 Å². The smallest absolute Gasteiger partial charge is 0.120 e. The Hall–Kier alpha value is -1.26. The minimum absolute atomic E-state index is 0.0568. The second-order valence-corrected chi connectivity index (χ2v) is 6.04. The molecule has 1 fully saturated rings. The van der Waals surface area contributed by atoms with Gasteiger partial charge in [-0.15, -0.1) is 0 Å². The van der Waals surface area contributed by atoms with Crippen molar-refractivity contribution in [3.63, 3.8) is 0 Å². The molecule has 2 rings (SSSR count). The van der Waals surface area contributed by atoms with E-state index in [1.54, 1.807) is 19.2 Å². The van der Waals surface area contributed by atoms with Crippen molar-refractivity contribution in [2.45, 2.75) is 38.6 Å². The zero-order valence-electron chi connectivity index (χ0n) is 13.0. The van der Waals surface area contributed by atoms with Gasteiger partial charge in [0.25, 0.3) is 0 Å². The van der Waals surface area contributed by atoms with E-state index in [1.807, 2.05) is 13.0 Å². The Balaban J connectivity index is 1.96. The fraction of sp³-hybridized carbons (Fsp3) is 0.647. The summed E-state index contributed by atoms with van der Waals surface area (Å²) in [5, 5.41) is 23.0. The number of aromatic hydroxyl groups is 1. The lowest BCUT2D eigenvalue weighted by Gasteiger charge is -2.31. The third-order valence-electron chi connectivity index (χ3n) is 4.69. The lowest BCUT2D eigenvalue weighted by molar-refractivity contribution is 0.131. The summed E-state index contributed by atoms with van der Waals surface area (Å²) in [6.07, 6.45) is 4.78. The number of aliphatic hydroxyl groups is 1. The van der Waals surface area contributed by atoms with Gasteiger partial charge >= 0.3 is 0 Å². The molecule has 0 heterocycles. The molecule has 3 unspecified atom stereocenters. The lowest BCUT2D eigenvalue weighted by atomic mass is 9.79. The van der Waals surface area contributed by atoms with Gasteiger partial charge in [0.15, 0.2) is 0 Å². The van der Waals surface area contributed by atoms with E-state index in [-0.39, 0.29) is 18.4 Å². The molecule has 4 heteroatoms. The average molecular weight is 293 g/mol. The number of nitrogens with one attached hydrogen (secondary N) is 1. The van der Waals surface area contributed by atoms with Gasteiger partial charge < -0.3 is 20.3 Å². The van der Waals surface area contributed by atoms with Gasteiger partial charge in [-0.25, -0.2) is 0 Å². The van der Waals surface area contributed by atoms with E-state index in [9.17, 15) is 10.2 Å². The molecule has 0 spiro atoms. The summed E-state index contributed by atoms with van der Waals surface area (Å²) in [4.78, 5) is 0. The van der Waals surface area contributed by atoms with Crippen LogP contribution in [0, 0.1) is 11.8 Å². The topological polar surface area (TPSA) is 61.7 Å². The number of ether oxygens (including phenoxy) is 1. The largest absolute Gasteiger partial charge is 0.508 e. The minimum Gasteiger partial charge on any atom is -0.508 e. The first-order valence-electron chi connectivity index (χ1n) is 7.86. The molecule has 21 heavy (non-hydrogen) atoms. The van der Waals surface area contributed by atoms with Gasteiger partial charge in [-0.2, -0.15) is 0 Å². The Morgan fingerprint density at radius 2 is 2.00 bits per heavy atom. The molecule has 1 saturated carbocycles. The first-order valence-corrected chi connectivity index (χ1v) is 7.86. The molecular weight excluding hydrogens is 266 g/mol. The van der Waals surface area contributed by atoms with E-state index in [2.05, 4.69) is 5.32 Å². The average Bonchev–Trinajstić information content (AvgIpc) is 2.53. The van der Waals surface area contributed by atoms with Crippen LogP contribution < -0.4 is 10.1 Å². The number of hydrogen-bond acceptors (Lipinski definition) is 4. The SMILES string of the molecule is COc1ccc(O)c(C(C)NCC2CCCCC2CO)c1. The first kappa shape index (κ1) is 16.1. The molecule has 0 aromatic heterocycles. The van der Waals surface area contributed by atoms with Crippen LogP contribution in [0.25, 0.3) is 0 Å². The molecule has 3 N–H and O–H groups in total. The standard InChI is InChI=1S/C17H27NO3/c1-12(16-9-15(21-2)7-8-17(16)20)18-10-13-5-3-4-6-14(13)11-19/h7-9,12-14,18-20H,3-6,10-11H2,1-2H3. The molecule has 1 aliphatic carbocycles. The molecule has 1 aromatic rings. The van der Waals surface area contributed by atoms with Gasteiger partial charge in [-0.3, -0.25) is 0 Å². The van der Waals surface area contributed by atoms with Crippen LogP contribution in [-0.2, 0) is 0 Å². The molecule has 0 aliphatic heterocycles. The van der Waals surface area contributed by atoms with E-state index in [0.717, 1.165) is 24.3 Å². The van der Waals surface area contributed by atoms with Crippen LogP contribution in [-0.4, -0.2) is 30.5 Å². The molecule has 0 amide bonds. The molecule has 0 saturated heterocycles. The first-order chi connectivity index (χ1) is 10.2. The predicted octanol–water partition coefficient (Wildman–Crippen LogP) is 2.85. The fourth-order valence-electron chi connectivity index (χ4n) is 3.24. The molecule has 0 radical (unpaired) electrons. The number of phenols is 1. The van der Waals surface area contributed by atoms with Crippen molar-refractivity contribution >= 4 is 0 Å². The highest BCUT2D eigenvalue weighted by atomic mass is 16.5. The molecule has 0 bridgehead atoms. The Morgan fingerprint density at radius 1 is 1.29 bits per heavy atom. The minimum atomic E-state index is 0.0568. The third-order valence-corrected chi connectivity index (χ3v) is 4.69. The number of benzene rings is 1. The van der Waals surface area contributed by atoms with E-state index < -0.39 is 0 Å². The lowest BCUT2D eigenvalue weighted by Crippen LogP contribution is -2.33. The second-order valence-electron chi connectivity index (χ2n) is 6.04. The number of phenolic OH excluding ortho intramolecular Hbond substituents is 1. The van der Waals surface area contributed by atoms with Gasteiger partial charge in [0.1, 0.15) is 11.5 Å². The highest BCUT2D eigenvalue weighted by molar-refractivity contribution is 5.41. The zero-order valence-corrected chi connectivity index (χ0v) is 13.0. The number of rotatable bonds is 6. The van der Waals surface area contributed by atoms with E-state index >= 15 is 0 Å². The van der Waals surface area contributed by atoms with Gasteiger partial charge in [0, 0.05) is 18.2 Å². The van der Waals surface area contributed by atoms with Crippen LogP contribution in [0.2, 0.25) is 0 Å². The van der Waals surface area contributed by atoms with Crippen molar-refractivity contribution in [3.8, 4) is 11.5 Å². The van der Waals surface area contributed by atoms with Crippen LogP contribution in [0.5, 0.6) is 11.5 Å². The Kier molecular flexibility index (Phi) is 5.88. The van der Waals surface area contributed by atoms with E-state index in [1.165, 1.54) is 19.3 Å². The van der Waals surface area contributed by atoms with Crippen LogP contribution in [0.15, 0.2) is 18.2 Å². The fourth-order valence-corrected chi connectivity index (χ4v) is 3.24. The predicted molar refractivity (Wildman–Crippen MR) is 83.6 cm³/mol. The van der Waals surface area contributed by atoms with Gasteiger partial charge in [-0.1, -0.05) is 12.8 Å². The number of hydrogen-bond donors (Lipinski definition) is 3. The maximum atomic E-state index is 10.0. The molecule has 1 aromatic carbocycles. The maximum absolute atomic E-state index is 10.0. The Labute approximate surface area is 127 Å². The third kappa shape index (κ3) is 4.11. The van der Waals surface area contributed by atoms with Crippen molar-refractivity contribution in [2.24, 2.45) is 11.8 Å². The maximum Gasteiger partial charge on any atom is 0.120 e. The molecule has 118 valence electrons. The Morgan fingerprint density at radius 3 is 2.67 bits per heavy atom. The normalized spacial score (nSPS) is 23.8. The molecule has 3 atom stereocenters. The van der Waals surface area contributed by atoms with Crippen LogP contribution >= 0.6 is 0 Å². The van der Waals surface area contributed by atoms with Gasteiger partial charge in [0.05, 0.1) is 7.11 Å². The highest BCUT2D eigenvalue weighted by Gasteiger charge is 2.25. The van der Waals surface area contributed by atoms with Crippen molar-refractivity contribution < 1.29 is 14.9 Å². The molecule has 1 aliphatic rings. The molecular formula is C17H27NO3. The van der Waals surface area contributed by atoms with Crippen molar-refractivity contribution in [1.82, 2.24) is 5.32 Å². The van der Waals surface area contributed by atoms with Crippen molar-refractivity contribution in [2.75, 3.05) is 20.3 Å². The van der Waals surface area contributed by atoms with E-state index in [0.29, 0.717) is 11.8 Å². The summed E-state index contributed by atoms with van der Waals surface area (Å²) < 4.78 is 5.22. The number of aliphatic hydroxyl groups excluding tert-OH is 1. The quantitative estimate of drug-likeness (QED) is 0.755. The summed E-state index contributed by atoms with van der Waals surface area (Å²) >= 11 is 0. The van der Waals surface area contributed by atoms with Crippen LogP contribution in [0.4, 0.5) is 0 Å². The molecule has 4 nitrogen and oxygen atoms in total. The summed E-state index contributed by atoms with van der Waals surface area (Å²) in [6.45, 7) is 3.21. The van der Waals surface area contributed by atoms with Gasteiger partial charge in [0.2, 0.25) is 0 Å². The summed E-state index contributed by atoms with van der Waals surface area (Å²) in [7, 11) is 1.63. The van der Waals surface area contributed by atoms with Gasteiger partial charge in [-0.05, 0) is 56.3 Å². The summed E-state index contributed by atoms with van der Waals surface area (Å²) in [6, 6.07) is 5.36. The summed E-state index contributed by atoms with van der Waals surface area (Å²) in [5.41, 5.74) is 0.853. The monoisotopic (exact) mass is 293 g/mol. The second kappa shape index (κ2) is 7.66. The van der Waals surface area contributed by atoms with Crippen LogP contribution in [0.3, 0.4) is 0 Å². The highest BCUT2D eigenvalue weighted by Crippen LogP contribution is 2.31.